The molecule has 1 aromatic carbocycles. The third-order valence-corrected chi connectivity index (χ3v) is 3.32. The Balaban J connectivity index is 3.30. The van der Waals surface area contributed by atoms with Crippen LogP contribution in [0.4, 0.5) is 0 Å². The van der Waals surface area contributed by atoms with Crippen molar-refractivity contribution >= 4 is 0 Å². The Morgan fingerprint density at radius 3 is 1.80 bits per heavy atom. The highest BCUT2D eigenvalue weighted by atomic mass is 16.7. The molecule has 0 amide bonds. The molecule has 1 rings (SSSR count). The lowest BCUT2D eigenvalue weighted by Crippen LogP contribution is -2.11. The van der Waals surface area contributed by atoms with E-state index in [-0.39, 0.29) is 20.2 Å². The molecular formula is C15H24O5. The predicted octanol–water partition coefficient (Wildman–Crippen LogP) is 2.11. The molecular weight excluding hydrogens is 260 g/mol. The van der Waals surface area contributed by atoms with E-state index < -0.39 is 0 Å². The first-order valence-corrected chi connectivity index (χ1v) is 6.55. The summed E-state index contributed by atoms with van der Waals surface area (Å²) in [6.07, 6.45) is 0.509. The molecule has 5 heteroatoms. The minimum atomic E-state index is 0.0520. The number of hydrogen-bond donors (Lipinski definition) is 1. The van der Waals surface area contributed by atoms with Crippen LogP contribution in [0.25, 0.3) is 0 Å². The summed E-state index contributed by atoms with van der Waals surface area (Å²) in [4.78, 5) is 0. The minimum Gasteiger partial charge on any atom is -0.467 e. The molecule has 0 aliphatic heterocycles. The zero-order valence-corrected chi connectivity index (χ0v) is 12.9. The summed E-state index contributed by atoms with van der Waals surface area (Å²) in [5, 5.41) is 9.27. The third-order valence-electron chi connectivity index (χ3n) is 3.32. The molecule has 1 aromatic rings. The van der Waals surface area contributed by atoms with E-state index in [0.717, 1.165) is 33.8 Å². The molecule has 0 saturated heterocycles. The van der Waals surface area contributed by atoms with E-state index in [1.165, 1.54) is 0 Å². The van der Waals surface area contributed by atoms with Gasteiger partial charge in [-0.3, -0.25) is 0 Å². The van der Waals surface area contributed by atoms with Crippen LogP contribution in [0.2, 0.25) is 0 Å². The third kappa shape index (κ3) is 3.62. The summed E-state index contributed by atoms with van der Waals surface area (Å²) in [6.45, 7) is 6.34. The fourth-order valence-corrected chi connectivity index (χ4v) is 2.22. The van der Waals surface area contributed by atoms with Crippen LogP contribution in [0, 0.1) is 20.8 Å². The Hall–Kier alpha value is -1.30. The zero-order chi connectivity index (χ0) is 15.1. The normalized spacial score (nSPS) is 10.7. The van der Waals surface area contributed by atoms with Gasteiger partial charge < -0.3 is 24.1 Å². The van der Waals surface area contributed by atoms with Crippen molar-refractivity contribution in [1.82, 2.24) is 0 Å². The summed E-state index contributed by atoms with van der Waals surface area (Å²) < 4.78 is 21.3. The number of aliphatic hydroxyl groups is 1. The standard InChI is InChI=1S/C15H24O5/c1-10-11(2)15(20-9-18-5)13(6-7-16)12(3)14(10)19-8-17-4/h16H,6-9H2,1-5H3. The van der Waals surface area contributed by atoms with Gasteiger partial charge in [0.05, 0.1) is 0 Å². The molecule has 0 unspecified atom stereocenters. The number of ether oxygens (including phenoxy) is 4. The summed E-state index contributed by atoms with van der Waals surface area (Å²) in [7, 11) is 3.17. The van der Waals surface area contributed by atoms with Gasteiger partial charge in [-0.2, -0.15) is 0 Å². The lowest BCUT2D eigenvalue weighted by Gasteiger charge is -2.21. The Morgan fingerprint density at radius 1 is 0.800 bits per heavy atom. The molecule has 5 nitrogen and oxygen atoms in total. The van der Waals surface area contributed by atoms with Crippen molar-refractivity contribution in [1.29, 1.82) is 0 Å². The van der Waals surface area contributed by atoms with Gasteiger partial charge >= 0.3 is 0 Å². The van der Waals surface area contributed by atoms with Crippen LogP contribution in [-0.4, -0.2) is 39.5 Å². The molecule has 1 N–H and O–H groups in total. The Labute approximate surface area is 120 Å². The van der Waals surface area contributed by atoms with Crippen LogP contribution in [0.1, 0.15) is 22.3 Å². The largest absolute Gasteiger partial charge is 0.467 e. The second-order valence-corrected chi connectivity index (χ2v) is 4.59. The van der Waals surface area contributed by atoms with Gasteiger partial charge in [-0.15, -0.1) is 0 Å². The van der Waals surface area contributed by atoms with E-state index in [1.54, 1.807) is 14.2 Å². The molecule has 0 bridgehead atoms. The van der Waals surface area contributed by atoms with Crippen molar-refractivity contribution in [2.24, 2.45) is 0 Å². The van der Waals surface area contributed by atoms with Gasteiger partial charge in [-0.1, -0.05) is 0 Å². The molecule has 0 spiro atoms. The first-order chi connectivity index (χ1) is 9.58. The quantitative estimate of drug-likeness (QED) is 0.741. The van der Waals surface area contributed by atoms with Crippen molar-refractivity contribution in [3.63, 3.8) is 0 Å². The molecule has 0 aliphatic carbocycles. The van der Waals surface area contributed by atoms with Crippen molar-refractivity contribution < 1.29 is 24.1 Å². The molecule has 0 radical (unpaired) electrons. The van der Waals surface area contributed by atoms with E-state index in [1.807, 2.05) is 20.8 Å². The lowest BCUT2D eigenvalue weighted by molar-refractivity contribution is 0.0464. The van der Waals surface area contributed by atoms with Crippen LogP contribution >= 0.6 is 0 Å². The monoisotopic (exact) mass is 284 g/mol. The second-order valence-electron chi connectivity index (χ2n) is 4.59. The molecule has 0 fully saturated rings. The number of methoxy groups -OCH3 is 2. The molecule has 0 saturated carbocycles. The molecule has 20 heavy (non-hydrogen) atoms. The number of benzene rings is 1. The second kappa shape index (κ2) is 8.09. The number of hydrogen-bond acceptors (Lipinski definition) is 5. The fraction of sp³-hybridized carbons (Fsp3) is 0.600. The first kappa shape index (κ1) is 16.8. The van der Waals surface area contributed by atoms with Gasteiger partial charge in [0.2, 0.25) is 0 Å². The van der Waals surface area contributed by atoms with Crippen molar-refractivity contribution in [3.8, 4) is 11.5 Å². The van der Waals surface area contributed by atoms with Crippen LogP contribution < -0.4 is 9.47 Å². The highest BCUT2D eigenvalue weighted by Gasteiger charge is 2.19. The first-order valence-electron chi connectivity index (χ1n) is 6.55. The Bertz CT molecular complexity index is 443. The van der Waals surface area contributed by atoms with Gasteiger partial charge in [0.15, 0.2) is 13.6 Å². The van der Waals surface area contributed by atoms with Crippen molar-refractivity contribution in [3.05, 3.63) is 22.3 Å². The molecule has 0 aromatic heterocycles. The zero-order valence-electron chi connectivity index (χ0n) is 12.9. The van der Waals surface area contributed by atoms with Crippen LogP contribution in [0.15, 0.2) is 0 Å². The predicted molar refractivity (Wildman–Crippen MR) is 76.5 cm³/mol. The van der Waals surface area contributed by atoms with E-state index >= 15 is 0 Å². The SMILES string of the molecule is COCOc1c(C)c(C)c(OCOC)c(CCO)c1C. The molecule has 0 heterocycles. The summed E-state index contributed by atoms with van der Waals surface area (Å²) >= 11 is 0. The highest BCUT2D eigenvalue weighted by Crippen LogP contribution is 2.38. The van der Waals surface area contributed by atoms with E-state index in [0.29, 0.717) is 6.42 Å². The smallest absolute Gasteiger partial charge is 0.188 e. The van der Waals surface area contributed by atoms with Crippen LogP contribution in [0.3, 0.4) is 0 Å². The van der Waals surface area contributed by atoms with Crippen molar-refractivity contribution in [2.45, 2.75) is 27.2 Å². The topological polar surface area (TPSA) is 57.2 Å². The maximum absolute atomic E-state index is 9.27. The van der Waals surface area contributed by atoms with E-state index in [2.05, 4.69) is 0 Å². The maximum Gasteiger partial charge on any atom is 0.188 e. The van der Waals surface area contributed by atoms with Gasteiger partial charge in [-0.05, 0) is 43.9 Å². The average molecular weight is 284 g/mol. The number of aliphatic hydroxyl groups excluding tert-OH is 1. The molecule has 0 aliphatic rings. The van der Waals surface area contributed by atoms with Gasteiger partial charge in [0, 0.05) is 26.4 Å². The highest BCUT2D eigenvalue weighted by molar-refractivity contribution is 5.58. The molecule has 0 atom stereocenters. The van der Waals surface area contributed by atoms with E-state index in [4.69, 9.17) is 18.9 Å². The average Bonchev–Trinajstić information content (AvgIpc) is 2.44. The van der Waals surface area contributed by atoms with Crippen LogP contribution in [-0.2, 0) is 15.9 Å². The summed E-state index contributed by atoms with van der Waals surface area (Å²) in [6, 6.07) is 0. The fourth-order valence-electron chi connectivity index (χ4n) is 2.22. The van der Waals surface area contributed by atoms with Gasteiger partial charge in [-0.25, -0.2) is 0 Å². The number of rotatable bonds is 8. The maximum atomic E-state index is 9.27. The Kier molecular flexibility index (Phi) is 6.78. The van der Waals surface area contributed by atoms with Crippen molar-refractivity contribution in [2.75, 3.05) is 34.4 Å². The van der Waals surface area contributed by atoms with Gasteiger partial charge in [0.25, 0.3) is 0 Å². The molecule has 114 valence electrons. The van der Waals surface area contributed by atoms with Gasteiger partial charge in [0.1, 0.15) is 11.5 Å². The summed E-state index contributed by atoms with van der Waals surface area (Å²) in [5.74, 6) is 1.55. The summed E-state index contributed by atoms with van der Waals surface area (Å²) in [5.41, 5.74) is 3.90. The Morgan fingerprint density at radius 2 is 1.30 bits per heavy atom. The van der Waals surface area contributed by atoms with E-state index in [9.17, 15) is 5.11 Å². The lowest BCUT2D eigenvalue weighted by atomic mass is 9.95. The minimum absolute atomic E-state index is 0.0520. The van der Waals surface area contributed by atoms with Crippen LogP contribution in [0.5, 0.6) is 11.5 Å².